The zero-order chi connectivity index (χ0) is 11.3. The number of amides is 1. The van der Waals surface area contributed by atoms with Crippen LogP contribution in [0.15, 0.2) is 30.3 Å². The highest BCUT2D eigenvalue weighted by Crippen LogP contribution is 2.17. The summed E-state index contributed by atoms with van der Waals surface area (Å²) >= 11 is 0. The summed E-state index contributed by atoms with van der Waals surface area (Å²) in [6, 6.07) is 9.56. The first-order chi connectivity index (χ1) is 6.97. The van der Waals surface area contributed by atoms with Crippen LogP contribution in [0.4, 0.5) is 5.69 Å². The molecule has 15 heavy (non-hydrogen) atoms. The first kappa shape index (κ1) is 11.6. The second-order valence-electron chi connectivity index (χ2n) is 4.78. The molecule has 0 aliphatic rings. The Kier molecular flexibility index (Phi) is 3.72. The molecule has 82 valence electrons. The second kappa shape index (κ2) is 4.82. The van der Waals surface area contributed by atoms with Crippen LogP contribution >= 0.6 is 0 Å². The minimum atomic E-state index is 0.00588. The van der Waals surface area contributed by atoms with E-state index < -0.39 is 0 Å². The number of anilines is 1. The molecule has 0 atom stereocenters. The normalized spacial score (nSPS) is 10.9. The largest absolute Gasteiger partial charge is 0.299 e. The summed E-state index contributed by atoms with van der Waals surface area (Å²) in [5.74, 6) is 0.00588. The van der Waals surface area contributed by atoms with Gasteiger partial charge in [0.1, 0.15) is 0 Å². The Morgan fingerprint density at radius 2 is 1.80 bits per heavy atom. The molecule has 0 fully saturated rings. The fourth-order valence-electron chi connectivity index (χ4n) is 1.19. The van der Waals surface area contributed by atoms with Crippen LogP contribution in [0, 0.1) is 5.41 Å². The molecule has 1 aromatic rings. The lowest BCUT2D eigenvalue weighted by molar-refractivity contribution is -0.122. The number of nitrogens with one attached hydrogen (secondary N) is 2. The molecule has 0 aromatic heterocycles. The van der Waals surface area contributed by atoms with E-state index in [4.69, 9.17) is 0 Å². The Hall–Kier alpha value is -1.51. The van der Waals surface area contributed by atoms with Gasteiger partial charge in [0, 0.05) is 6.42 Å². The van der Waals surface area contributed by atoms with Gasteiger partial charge in [-0.05, 0) is 17.5 Å². The summed E-state index contributed by atoms with van der Waals surface area (Å²) in [5, 5.41) is 0. The second-order valence-corrected chi connectivity index (χ2v) is 4.78. The molecule has 0 radical (unpaired) electrons. The van der Waals surface area contributed by atoms with Crippen LogP contribution in [0.2, 0.25) is 0 Å². The summed E-state index contributed by atoms with van der Waals surface area (Å²) in [7, 11) is 0. The maximum Gasteiger partial charge on any atom is 0.238 e. The van der Waals surface area contributed by atoms with Gasteiger partial charge >= 0.3 is 0 Å². The molecular weight excluding hydrogens is 188 g/mol. The van der Waals surface area contributed by atoms with E-state index in [2.05, 4.69) is 10.9 Å². The van der Waals surface area contributed by atoms with Crippen molar-refractivity contribution in [2.75, 3.05) is 5.43 Å². The minimum Gasteiger partial charge on any atom is -0.299 e. The Morgan fingerprint density at radius 3 is 2.33 bits per heavy atom. The van der Waals surface area contributed by atoms with Crippen molar-refractivity contribution < 1.29 is 4.79 Å². The molecule has 0 saturated carbocycles. The van der Waals surface area contributed by atoms with Crippen molar-refractivity contribution in [3.8, 4) is 0 Å². The van der Waals surface area contributed by atoms with E-state index in [-0.39, 0.29) is 11.3 Å². The number of hydrogen-bond acceptors (Lipinski definition) is 2. The van der Waals surface area contributed by atoms with Crippen molar-refractivity contribution >= 4 is 11.6 Å². The molecule has 0 aliphatic carbocycles. The van der Waals surface area contributed by atoms with Crippen LogP contribution in [0.25, 0.3) is 0 Å². The van der Waals surface area contributed by atoms with Crippen molar-refractivity contribution in [2.45, 2.75) is 27.2 Å². The van der Waals surface area contributed by atoms with E-state index in [1.807, 2.05) is 51.1 Å². The van der Waals surface area contributed by atoms with Crippen molar-refractivity contribution in [1.82, 2.24) is 5.43 Å². The maximum absolute atomic E-state index is 11.5. The molecule has 0 aliphatic heterocycles. The number of rotatable bonds is 3. The summed E-state index contributed by atoms with van der Waals surface area (Å²) in [6.45, 7) is 6.11. The van der Waals surface area contributed by atoms with Gasteiger partial charge < -0.3 is 0 Å². The van der Waals surface area contributed by atoms with Crippen LogP contribution in [0.5, 0.6) is 0 Å². The van der Waals surface area contributed by atoms with E-state index in [1.54, 1.807) is 0 Å². The smallest absolute Gasteiger partial charge is 0.238 e. The lowest BCUT2D eigenvalue weighted by atomic mass is 9.92. The van der Waals surface area contributed by atoms with Crippen LogP contribution < -0.4 is 10.9 Å². The molecule has 3 heteroatoms. The van der Waals surface area contributed by atoms with Crippen molar-refractivity contribution in [3.63, 3.8) is 0 Å². The van der Waals surface area contributed by atoms with E-state index in [9.17, 15) is 4.79 Å². The van der Waals surface area contributed by atoms with Crippen LogP contribution in [0.3, 0.4) is 0 Å². The number of carbonyl (C=O) groups is 1. The van der Waals surface area contributed by atoms with Crippen molar-refractivity contribution in [3.05, 3.63) is 30.3 Å². The molecule has 0 heterocycles. The van der Waals surface area contributed by atoms with Crippen LogP contribution in [-0.2, 0) is 4.79 Å². The third-order valence-electron chi connectivity index (χ3n) is 1.81. The lowest BCUT2D eigenvalue weighted by Gasteiger charge is -2.17. The van der Waals surface area contributed by atoms with Gasteiger partial charge in [-0.3, -0.25) is 15.6 Å². The predicted molar refractivity (Wildman–Crippen MR) is 62.3 cm³/mol. The number of para-hydroxylation sites is 1. The maximum atomic E-state index is 11.5. The van der Waals surface area contributed by atoms with E-state index in [0.29, 0.717) is 6.42 Å². The molecule has 1 amide bonds. The highest BCUT2D eigenvalue weighted by molar-refractivity contribution is 5.77. The van der Waals surface area contributed by atoms with Crippen molar-refractivity contribution in [1.29, 1.82) is 0 Å². The van der Waals surface area contributed by atoms with Gasteiger partial charge in [-0.25, -0.2) is 0 Å². The summed E-state index contributed by atoms with van der Waals surface area (Å²) < 4.78 is 0. The standard InChI is InChI=1S/C12H18N2O/c1-12(2,3)9-11(15)14-13-10-7-5-4-6-8-10/h4-8,13H,9H2,1-3H3,(H,14,15). The lowest BCUT2D eigenvalue weighted by Crippen LogP contribution is -2.32. The van der Waals surface area contributed by atoms with Crippen LogP contribution in [-0.4, -0.2) is 5.91 Å². The summed E-state index contributed by atoms with van der Waals surface area (Å²) in [5.41, 5.74) is 6.44. The van der Waals surface area contributed by atoms with Crippen LogP contribution in [0.1, 0.15) is 27.2 Å². The average Bonchev–Trinajstić information content (AvgIpc) is 2.14. The van der Waals surface area contributed by atoms with E-state index >= 15 is 0 Å². The van der Waals surface area contributed by atoms with Gasteiger partial charge in [-0.2, -0.15) is 0 Å². The fraction of sp³-hybridized carbons (Fsp3) is 0.417. The number of hydrogen-bond donors (Lipinski definition) is 2. The number of carbonyl (C=O) groups excluding carboxylic acids is 1. The first-order valence-corrected chi connectivity index (χ1v) is 5.07. The monoisotopic (exact) mass is 206 g/mol. The highest BCUT2D eigenvalue weighted by atomic mass is 16.2. The Bertz CT molecular complexity index is 314. The predicted octanol–water partition coefficient (Wildman–Crippen LogP) is 2.57. The van der Waals surface area contributed by atoms with Gasteiger partial charge in [0.2, 0.25) is 5.91 Å². The average molecular weight is 206 g/mol. The molecule has 3 nitrogen and oxygen atoms in total. The molecule has 1 rings (SSSR count). The third kappa shape index (κ3) is 5.05. The minimum absolute atomic E-state index is 0.00588. The van der Waals surface area contributed by atoms with Crippen molar-refractivity contribution in [2.24, 2.45) is 5.41 Å². The molecular formula is C12H18N2O. The Labute approximate surface area is 90.9 Å². The Morgan fingerprint density at radius 1 is 1.20 bits per heavy atom. The van der Waals surface area contributed by atoms with E-state index in [1.165, 1.54) is 0 Å². The molecule has 1 aromatic carbocycles. The molecule has 2 N–H and O–H groups in total. The summed E-state index contributed by atoms with van der Waals surface area (Å²) in [6.07, 6.45) is 0.507. The fourth-order valence-corrected chi connectivity index (χ4v) is 1.19. The number of hydrazine groups is 1. The third-order valence-corrected chi connectivity index (χ3v) is 1.81. The highest BCUT2D eigenvalue weighted by Gasteiger charge is 2.15. The van der Waals surface area contributed by atoms with Gasteiger partial charge in [0.15, 0.2) is 0 Å². The zero-order valence-corrected chi connectivity index (χ0v) is 9.50. The number of benzene rings is 1. The SMILES string of the molecule is CC(C)(C)CC(=O)NNc1ccccc1. The van der Waals surface area contributed by atoms with E-state index in [0.717, 1.165) is 5.69 Å². The Balaban J connectivity index is 2.35. The molecule has 0 spiro atoms. The van der Waals surface area contributed by atoms with Gasteiger partial charge in [0.05, 0.1) is 5.69 Å². The quantitative estimate of drug-likeness (QED) is 0.746. The topological polar surface area (TPSA) is 41.1 Å². The molecule has 0 saturated heterocycles. The summed E-state index contributed by atoms with van der Waals surface area (Å²) in [4.78, 5) is 11.5. The first-order valence-electron chi connectivity index (χ1n) is 5.07. The molecule has 0 bridgehead atoms. The molecule has 0 unspecified atom stereocenters. The van der Waals surface area contributed by atoms with Gasteiger partial charge in [0.25, 0.3) is 0 Å². The van der Waals surface area contributed by atoms with Gasteiger partial charge in [-0.15, -0.1) is 0 Å². The van der Waals surface area contributed by atoms with Gasteiger partial charge in [-0.1, -0.05) is 39.0 Å². The zero-order valence-electron chi connectivity index (χ0n) is 9.50.